The van der Waals surface area contributed by atoms with Gasteiger partial charge in [-0.2, -0.15) is 5.26 Å². The molecule has 0 unspecified atom stereocenters. The zero-order valence-electron chi connectivity index (χ0n) is 23.5. The minimum Gasteiger partial charge on any atom is -0.485 e. The van der Waals surface area contributed by atoms with Crippen molar-refractivity contribution >= 4 is 17.2 Å². The lowest BCUT2D eigenvalue weighted by molar-refractivity contribution is -0.0660. The van der Waals surface area contributed by atoms with E-state index in [0.29, 0.717) is 41.1 Å². The molecule has 6 rings (SSSR count). The molecular formula is C31H36FN7O2. The predicted molar refractivity (Wildman–Crippen MR) is 156 cm³/mol. The third-order valence-corrected chi connectivity index (χ3v) is 8.24. The Morgan fingerprint density at radius 3 is 2.56 bits per heavy atom. The molecule has 9 nitrogen and oxygen atoms in total. The summed E-state index contributed by atoms with van der Waals surface area (Å²) in [5, 5.41) is 16.3. The number of hydrogen-bond donors (Lipinski definition) is 2. The number of piperidine rings is 1. The van der Waals surface area contributed by atoms with Crippen LogP contribution in [0.2, 0.25) is 0 Å². The molecule has 10 heteroatoms. The largest absolute Gasteiger partial charge is 0.485 e. The lowest BCUT2D eigenvalue weighted by atomic mass is 9.81. The first-order chi connectivity index (χ1) is 19.9. The molecule has 0 amide bonds. The molecule has 3 aliphatic heterocycles. The molecule has 214 valence electrons. The number of halogens is 1. The topological polar surface area (TPSA) is 98.6 Å². The number of piperazine rings is 1. The fourth-order valence-electron chi connectivity index (χ4n) is 5.71. The van der Waals surface area contributed by atoms with Gasteiger partial charge in [-0.05, 0) is 48.5 Å². The minimum atomic E-state index is -1.16. The summed E-state index contributed by atoms with van der Waals surface area (Å²) in [6.45, 7) is 10.7. The number of hydrogen-bond acceptors (Lipinski definition) is 9. The van der Waals surface area contributed by atoms with Crippen molar-refractivity contribution in [3.63, 3.8) is 0 Å². The molecule has 0 bridgehead atoms. The third kappa shape index (κ3) is 5.98. The zero-order valence-corrected chi connectivity index (χ0v) is 23.5. The summed E-state index contributed by atoms with van der Waals surface area (Å²) in [4.78, 5) is 14.0. The van der Waals surface area contributed by atoms with Gasteiger partial charge >= 0.3 is 0 Å². The van der Waals surface area contributed by atoms with Gasteiger partial charge in [-0.25, -0.2) is 14.4 Å². The first kappa shape index (κ1) is 27.4. The maximum atomic E-state index is 14.7. The highest BCUT2D eigenvalue weighted by Crippen LogP contribution is 2.34. The maximum Gasteiger partial charge on any atom is 0.161 e. The van der Waals surface area contributed by atoms with Gasteiger partial charge in [-0.3, -0.25) is 4.90 Å². The van der Waals surface area contributed by atoms with E-state index in [1.54, 1.807) is 18.3 Å². The number of anilines is 3. The summed E-state index contributed by atoms with van der Waals surface area (Å²) in [5.74, 6) is 1.50. The van der Waals surface area contributed by atoms with Crippen molar-refractivity contribution < 1.29 is 13.9 Å². The second kappa shape index (κ2) is 11.6. The lowest BCUT2D eigenvalue weighted by Crippen LogP contribution is -2.56. The summed E-state index contributed by atoms with van der Waals surface area (Å²) in [6.07, 6.45) is -0.125. The Morgan fingerprint density at radius 2 is 1.88 bits per heavy atom. The Kier molecular flexibility index (Phi) is 7.75. The molecule has 2 aromatic carbocycles. The zero-order chi connectivity index (χ0) is 28.4. The first-order valence-corrected chi connectivity index (χ1v) is 14.2. The predicted octanol–water partition coefficient (Wildman–Crippen LogP) is 3.99. The van der Waals surface area contributed by atoms with Gasteiger partial charge in [0.25, 0.3) is 0 Å². The number of nitrogens with one attached hydrogen (secondary N) is 2. The molecule has 4 heterocycles. The van der Waals surface area contributed by atoms with Crippen molar-refractivity contribution in [2.45, 2.75) is 32.2 Å². The SMILES string of the molecule is CC1(C)CNC[C@@H](F)[C@H]1Oc1ccc(-c2nccc(Nc3ccc(N4CCN(C5COC5)CC4)cc3)n2)cc1C#N. The average molecular weight is 558 g/mol. The average Bonchev–Trinajstić information content (AvgIpc) is 2.95. The monoisotopic (exact) mass is 557 g/mol. The Morgan fingerprint density at radius 1 is 1.10 bits per heavy atom. The van der Waals surface area contributed by atoms with Crippen LogP contribution in [0, 0.1) is 16.7 Å². The number of aromatic nitrogens is 2. The van der Waals surface area contributed by atoms with Gasteiger partial charge in [0.1, 0.15) is 29.9 Å². The fourth-order valence-corrected chi connectivity index (χ4v) is 5.71. The van der Waals surface area contributed by atoms with E-state index in [1.165, 1.54) is 5.69 Å². The molecule has 3 fully saturated rings. The van der Waals surface area contributed by atoms with Gasteiger partial charge < -0.3 is 25.0 Å². The Labute approximate surface area is 240 Å². The van der Waals surface area contributed by atoms with Crippen molar-refractivity contribution in [2.24, 2.45) is 5.41 Å². The molecular weight excluding hydrogens is 521 g/mol. The lowest BCUT2D eigenvalue weighted by Gasteiger charge is -2.43. The van der Waals surface area contributed by atoms with Gasteiger partial charge in [0.15, 0.2) is 5.82 Å². The summed E-state index contributed by atoms with van der Waals surface area (Å²) in [7, 11) is 0. The van der Waals surface area contributed by atoms with E-state index in [0.717, 1.165) is 45.1 Å². The van der Waals surface area contributed by atoms with Crippen LogP contribution in [0.1, 0.15) is 19.4 Å². The Bertz CT molecular complexity index is 1400. The molecule has 0 spiro atoms. The van der Waals surface area contributed by atoms with Crippen molar-refractivity contribution in [1.82, 2.24) is 20.2 Å². The van der Waals surface area contributed by atoms with E-state index in [2.05, 4.69) is 60.7 Å². The van der Waals surface area contributed by atoms with Gasteiger partial charge in [0.2, 0.25) is 0 Å². The van der Waals surface area contributed by atoms with Gasteiger partial charge in [-0.1, -0.05) is 13.8 Å². The van der Waals surface area contributed by atoms with E-state index < -0.39 is 17.7 Å². The number of nitrogens with zero attached hydrogens (tertiary/aromatic N) is 5. The summed E-state index contributed by atoms with van der Waals surface area (Å²) in [5.41, 5.74) is 2.73. The van der Waals surface area contributed by atoms with E-state index >= 15 is 0 Å². The quantitative estimate of drug-likeness (QED) is 0.447. The summed E-state index contributed by atoms with van der Waals surface area (Å²) in [6, 6.07) is 18.2. The Balaban J connectivity index is 1.11. The van der Waals surface area contributed by atoms with Crippen molar-refractivity contribution in [2.75, 3.05) is 62.7 Å². The van der Waals surface area contributed by atoms with Crippen LogP contribution in [0.25, 0.3) is 11.4 Å². The molecule has 1 aromatic heterocycles. The van der Waals surface area contributed by atoms with Crippen molar-refractivity contribution in [3.8, 4) is 23.2 Å². The number of benzene rings is 2. The van der Waals surface area contributed by atoms with Gasteiger partial charge in [-0.15, -0.1) is 0 Å². The van der Waals surface area contributed by atoms with Crippen molar-refractivity contribution in [1.29, 1.82) is 5.26 Å². The number of ether oxygens (including phenoxy) is 2. The maximum absolute atomic E-state index is 14.7. The van der Waals surface area contributed by atoms with Crippen LogP contribution in [0.5, 0.6) is 5.75 Å². The van der Waals surface area contributed by atoms with Crippen LogP contribution in [-0.2, 0) is 4.74 Å². The van der Waals surface area contributed by atoms with Crippen LogP contribution in [-0.4, -0.2) is 85.7 Å². The number of rotatable bonds is 7. The normalized spacial score (nSPS) is 22.9. The minimum absolute atomic E-state index is 0.234. The van der Waals surface area contributed by atoms with E-state index in [4.69, 9.17) is 9.47 Å². The second-order valence-electron chi connectivity index (χ2n) is 11.6. The summed E-state index contributed by atoms with van der Waals surface area (Å²) >= 11 is 0. The molecule has 2 N–H and O–H groups in total. The van der Waals surface area contributed by atoms with Crippen LogP contribution in [0.4, 0.5) is 21.6 Å². The molecule has 3 aromatic rings. The van der Waals surface area contributed by atoms with Crippen LogP contribution < -0.4 is 20.3 Å². The van der Waals surface area contributed by atoms with E-state index in [-0.39, 0.29) is 6.54 Å². The molecule has 2 atom stereocenters. The molecule has 0 saturated carbocycles. The van der Waals surface area contributed by atoms with E-state index in [1.807, 2.05) is 26.0 Å². The van der Waals surface area contributed by atoms with Crippen LogP contribution >= 0.6 is 0 Å². The highest BCUT2D eigenvalue weighted by atomic mass is 19.1. The molecule has 3 aliphatic rings. The fraction of sp³-hybridized carbons (Fsp3) is 0.452. The molecule has 3 saturated heterocycles. The number of nitriles is 1. The smallest absolute Gasteiger partial charge is 0.161 e. The third-order valence-electron chi connectivity index (χ3n) is 8.24. The highest BCUT2D eigenvalue weighted by molar-refractivity contribution is 5.65. The van der Waals surface area contributed by atoms with Crippen LogP contribution in [0.15, 0.2) is 54.7 Å². The first-order valence-electron chi connectivity index (χ1n) is 14.2. The standard InChI is InChI=1S/C31H36FN7O2/c1-31(2)20-34-17-26(32)29(31)41-27-8-3-21(15-22(27)16-33)30-35-10-9-28(37-30)36-23-4-6-24(7-5-23)38-11-13-39(14-12-38)25-18-40-19-25/h3-10,15,25-26,29,34H,11-14,17-20H2,1-2H3,(H,35,36,37)/t26-,29-/m1/s1. The van der Waals surface area contributed by atoms with Crippen LogP contribution in [0.3, 0.4) is 0 Å². The molecule has 0 aliphatic carbocycles. The summed E-state index contributed by atoms with van der Waals surface area (Å²) < 4.78 is 26.1. The number of alkyl halides is 1. The van der Waals surface area contributed by atoms with E-state index in [9.17, 15) is 9.65 Å². The van der Waals surface area contributed by atoms with Gasteiger partial charge in [0.05, 0.1) is 24.8 Å². The highest BCUT2D eigenvalue weighted by Gasteiger charge is 2.41. The molecule has 0 radical (unpaired) electrons. The molecule has 41 heavy (non-hydrogen) atoms. The van der Waals surface area contributed by atoms with Crippen molar-refractivity contribution in [3.05, 3.63) is 60.3 Å². The second-order valence-corrected chi connectivity index (χ2v) is 11.6. The van der Waals surface area contributed by atoms with Gasteiger partial charge in [0, 0.05) is 67.8 Å². The Hall–Kier alpha value is -3.78.